The average molecular weight is 263 g/mol. The maximum Gasteiger partial charge on any atom is 0.0863 e. The summed E-state index contributed by atoms with van der Waals surface area (Å²) in [7, 11) is 0. The van der Waals surface area contributed by atoms with Crippen LogP contribution in [0.5, 0.6) is 0 Å². The van der Waals surface area contributed by atoms with E-state index >= 15 is 0 Å². The van der Waals surface area contributed by atoms with Gasteiger partial charge in [-0.05, 0) is 12.1 Å². The number of H-pyrrole nitrogens is 1. The zero-order chi connectivity index (χ0) is 11.0. The summed E-state index contributed by atoms with van der Waals surface area (Å²) in [6, 6.07) is 3.26. The van der Waals surface area contributed by atoms with E-state index < -0.39 is 0 Å². The van der Waals surface area contributed by atoms with Gasteiger partial charge in [0.15, 0.2) is 0 Å². The van der Waals surface area contributed by atoms with Crippen molar-refractivity contribution < 1.29 is 0 Å². The molecule has 2 aromatic rings. The lowest BCUT2D eigenvalue weighted by Gasteiger charge is -2.06. The predicted octanol–water partition coefficient (Wildman–Crippen LogP) is 3.62. The van der Waals surface area contributed by atoms with Crippen LogP contribution in [0.4, 0.5) is 5.69 Å². The lowest BCUT2D eigenvalue weighted by molar-refractivity contribution is 1.10. The van der Waals surface area contributed by atoms with Gasteiger partial charge in [-0.1, -0.05) is 34.8 Å². The van der Waals surface area contributed by atoms with Crippen LogP contribution in [-0.2, 0) is 0 Å². The van der Waals surface area contributed by atoms with Crippen molar-refractivity contribution in [1.29, 1.82) is 0 Å². The number of benzene rings is 1. The molecule has 0 unspecified atom stereocenters. The van der Waals surface area contributed by atoms with E-state index in [4.69, 9.17) is 40.5 Å². The first-order chi connectivity index (χ1) is 7.09. The van der Waals surface area contributed by atoms with Gasteiger partial charge in [-0.25, -0.2) is 0 Å². The van der Waals surface area contributed by atoms with Crippen molar-refractivity contribution in [2.75, 3.05) is 5.73 Å². The molecule has 0 saturated heterocycles. The van der Waals surface area contributed by atoms with Crippen molar-refractivity contribution in [1.82, 2.24) is 10.2 Å². The lowest BCUT2D eigenvalue weighted by Crippen LogP contribution is -1.92. The van der Waals surface area contributed by atoms with Crippen LogP contribution in [-0.4, -0.2) is 10.2 Å². The molecular weight excluding hydrogens is 256 g/mol. The summed E-state index contributed by atoms with van der Waals surface area (Å²) in [5.41, 5.74) is 7.50. The molecule has 0 radical (unpaired) electrons. The van der Waals surface area contributed by atoms with Gasteiger partial charge in [0.25, 0.3) is 0 Å². The number of rotatable bonds is 1. The Kier molecular flexibility index (Phi) is 2.78. The second-order valence-corrected chi connectivity index (χ2v) is 4.19. The Hall–Kier alpha value is -0.900. The molecule has 2 rings (SSSR count). The number of hydrogen-bond acceptors (Lipinski definition) is 2. The van der Waals surface area contributed by atoms with Gasteiger partial charge >= 0.3 is 0 Å². The topological polar surface area (TPSA) is 54.7 Å². The van der Waals surface area contributed by atoms with Crippen LogP contribution < -0.4 is 5.73 Å². The molecule has 0 fully saturated rings. The smallest absolute Gasteiger partial charge is 0.0863 e. The average Bonchev–Trinajstić information content (AvgIpc) is 2.58. The molecule has 0 atom stereocenters. The van der Waals surface area contributed by atoms with Crippen molar-refractivity contribution in [2.24, 2.45) is 0 Å². The molecule has 0 aliphatic rings. The first-order valence-electron chi connectivity index (χ1n) is 4.03. The fraction of sp³-hybridized carbons (Fsp3) is 0. The maximum atomic E-state index is 5.92. The molecule has 15 heavy (non-hydrogen) atoms. The van der Waals surface area contributed by atoms with E-state index in [1.54, 1.807) is 12.1 Å². The first kappa shape index (κ1) is 10.6. The van der Waals surface area contributed by atoms with Gasteiger partial charge in [0, 0.05) is 10.6 Å². The molecule has 3 N–H and O–H groups in total. The Labute approximate surface area is 101 Å². The Bertz CT molecular complexity index is 507. The van der Waals surface area contributed by atoms with E-state index in [2.05, 4.69) is 10.2 Å². The van der Waals surface area contributed by atoms with Crippen LogP contribution >= 0.6 is 34.8 Å². The van der Waals surface area contributed by atoms with E-state index in [0.29, 0.717) is 32.0 Å². The fourth-order valence-corrected chi connectivity index (χ4v) is 1.94. The predicted molar refractivity (Wildman–Crippen MR) is 63.5 cm³/mol. The Morgan fingerprint density at radius 3 is 2.47 bits per heavy atom. The number of anilines is 1. The second-order valence-electron chi connectivity index (χ2n) is 2.94. The zero-order valence-corrected chi connectivity index (χ0v) is 9.66. The van der Waals surface area contributed by atoms with Crippen LogP contribution in [0.3, 0.4) is 0 Å². The summed E-state index contributed by atoms with van der Waals surface area (Å²) in [6.07, 6.45) is 1.49. The maximum absolute atomic E-state index is 5.92. The Morgan fingerprint density at radius 1 is 1.13 bits per heavy atom. The number of nitrogens with one attached hydrogen (secondary N) is 1. The standard InChI is InChI=1S/C9H6Cl3N3/c10-4-1-5(8(13)6(11)2-4)9-7(12)3-14-15-9/h1-3H,13H2,(H,14,15). The quantitative estimate of drug-likeness (QED) is 0.771. The second kappa shape index (κ2) is 3.93. The summed E-state index contributed by atoms with van der Waals surface area (Å²) in [6.45, 7) is 0. The number of nitrogens with two attached hydrogens (primary N) is 1. The molecule has 0 bridgehead atoms. The third kappa shape index (κ3) is 1.91. The molecule has 1 heterocycles. The van der Waals surface area contributed by atoms with Crippen LogP contribution in [0.25, 0.3) is 11.3 Å². The van der Waals surface area contributed by atoms with Crippen LogP contribution in [0.1, 0.15) is 0 Å². The molecule has 1 aromatic carbocycles. The highest BCUT2D eigenvalue weighted by Crippen LogP contribution is 2.36. The third-order valence-electron chi connectivity index (χ3n) is 1.96. The monoisotopic (exact) mass is 261 g/mol. The summed E-state index contributed by atoms with van der Waals surface area (Å²) in [4.78, 5) is 0. The van der Waals surface area contributed by atoms with Gasteiger partial charge in [-0.2, -0.15) is 5.10 Å². The summed E-state index contributed by atoms with van der Waals surface area (Å²) in [5.74, 6) is 0. The molecule has 6 heteroatoms. The highest BCUT2D eigenvalue weighted by atomic mass is 35.5. The molecule has 0 spiro atoms. The van der Waals surface area contributed by atoms with Gasteiger partial charge in [-0.15, -0.1) is 0 Å². The summed E-state index contributed by atoms with van der Waals surface area (Å²) in [5, 5.41) is 7.90. The minimum absolute atomic E-state index is 0.392. The number of aromatic nitrogens is 2. The number of halogens is 3. The van der Waals surface area contributed by atoms with Gasteiger partial charge in [-0.3, -0.25) is 5.10 Å². The normalized spacial score (nSPS) is 10.6. The molecule has 78 valence electrons. The molecule has 0 saturated carbocycles. The van der Waals surface area contributed by atoms with Crippen molar-refractivity contribution >= 4 is 40.5 Å². The van der Waals surface area contributed by atoms with Crippen LogP contribution in [0.15, 0.2) is 18.3 Å². The SMILES string of the molecule is Nc1c(Cl)cc(Cl)cc1-c1[nH]ncc1Cl. The minimum atomic E-state index is 0.392. The van der Waals surface area contributed by atoms with E-state index in [9.17, 15) is 0 Å². The molecular formula is C9H6Cl3N3. The van der Waals surface area contributed by atoms with Crippen LogP contribution in [0, 0.1) is 0 Å². The third-order valence-corrected chi connectivity index (χ3v) is 2.77. The van der Waals surface area contributed by atoms with E-state index in [-0.39, 0.29) is 0 Å². The van der Waals surface area contributed by atoms with Crippen molar-refractivity contribution in [3.05, 3.63) is 33.4 Å². The van der Waals surface area contributed by atoms with Crippen LogP contribution in [0.2, 0.25) is 15.1 Å². The molecule has 3 nitrogen and oxygen atoms in total. The molecule has 0 aliphatic carbocycles. The number of hydrogen-bond donors (Lipinski definition) is 2. The van der Waals surface area contributed by atoms with Crippen molar-refractivity contribution in [3.8, 4) is 11.3 Å². The van der Waals surface area contributed by atoms with Gasteiger partial charge in [0.05, 0.1) is 27.6 Å². The molecule has 0 aliphatic heterocycles. The zero-order valence-electron chi connectivity index (χ0n) is 7.39. The fourth-order valence-electron chi connectivity index (χ4n) is 1.25. The highest BCUT2D eigenvalue weighted by molar-refractivity contribution is 6.38. The first-order valence-corrected chi connectivity index (χ1v) is 5.16. The van der Waals surface area contributed by atoms with E-state index in [1.165, 1.54) is 6.20 Å². The summed E-state index contributed by atoms with van der Waals surface area (Å²) < 4.78 is 0. The number of aromatic amines is 1. The Morgan fingerprint density at radius 2 is 1.87 bits per heavy atom. The van der Waals surface area contributed by atoms with E-state index in [1.807, 2.05) is 0 Å². The van der Waals surface area contributed by atoms with Gasteiger partial charge in [0.1, 0.15) is 0 Å². The largest absolute Gasteiger partial charge is 0.397 e. The number of nitrogens with zero attached hydrogens (tertiary/aromatic N) is 1. The summed E-state index contributed by atoms with van der Waals surface area (Å²) >= 11 is 17.7. The molecule has 0 amide bonds. The lowest BCUT2D eigenvalue weighted by atomic mass is 10.1. The van der Waals surface area contributed by atoms with E-state index in [0.717, 1.165) is 0 Å². The van der Waals surface area contributed by atoms with Crippen molar-refractivity contribution in [2.45, 2.75) is 0 Å². The van der Waals surface area contributed by atoms with Gasteiger partial charge < -0.3 is 5.73 Å². The Balaban J connectivity index is 2.68. The number of nitrogen functional groups attached to an aromatic ring is 1. The highest BCUT2D eigenvalue weighted by Gasteiger charge is 2.12. The minimum Gasteiger partial charge on any atom is -0.397 e. The van der Waals surface area contributed by atoms with Crippen molar-refractivity contribution in [3.63, 3.8) is 0 Å². The van der Waals surface area contributed by atoms with Gasteiger partial charge in [0.2, 0.25) is 0 Å². The molecule has 1 aromatic heterocycles.